The Labute approximate surface area is 138 Å². The lowest BCUT2D eigenvalue weighted by Gasteiger charge is -2.08. The number of carbonyl (C=O) groups is 1. The average Bonchev–Trinajstić information content (AvgIpc) is 2.90. The predicted octanol–water partition coefficient (Wildman–Crippen LogP) is 2.42. The predicted molar refractivity (Wildman–Crippen MR) is 88.3 cm³/mol. The molecule has 2 N–H and O–H groups in total. The lowest BCUT2D eigenvalue weighted by atomic mass is 10.3. The van der Waals surface area contributed by atoms with Crippen molar-refractivity contribution in [3.63, 3.8) is 0 Å². The second-order valence-electron chi connectivity index (χ2n) is 4.59. The molecule has 0 fully saturated rings. The van der Waals surface area contributed by atoms with Gasteiger partial charge in [0.05, 0.1) is 6.61 Å². The van der Waals surface area contributed by atoms with Crippen molar-refractivity contribution in [1.29, 1.82) is 0 Å². The van der Waals surface area contributed by atoms with Crippen LogP contribution in [0.15, 0.2) is 34.2 Å². The van der Waals surface area contributed by atoms with Crippen molar-refractivity contribution in [1.82, 2.24) is 10.2 Å². The summed E-state index contributed by atoms with van der Waals surface area (Å²) in [6.07, 6.45) is 1.89. The fourth-order valence-electron chi connectivity index (χ4n) is 1.93. The molecule has 0 atom stereocenters. The van der Waals surface area contributed by atoms with E-state index in [2.05, 4.69) is 14.9 Å². The first kappa shape index (κ1) is 17.4. The van der Waals surface area contributed by atoms with E-state index in [0.717, 1.165) is 4.90 Å². The molecule has 7 nitrogen and oxygen atoms in total. The van der Waals surface area contributed by atoms with E-state index in [4.69, 9.17) is 4.74 Å². The number of ether oxygens (including phenoxy) is 1. The zero-order chi connectivity index (χ0) is 17.0. The number of nitrogens with zero attached hydrogens (tertiary/aromatic N) is 1. The largest absolute Gasteiger partial charge is 0.462 e. The van der Waals surface area contributed by atoms with Crippen molar-refractivity contribution >= 4 is 33.4 Å². The minimum Gasteiger partial charge on any atom is -0.462 e. The second kappa shape index (κ2) is 7.05. The highest BCUT2D eigenvalue weighted by Crippen LogP contribution is 2.23. The van der Waals surface area contributed by atoms with Crippen LogP contribution in [0.3, 0.4) is 0 Å². The molecule has 23 heavy (non-hydrogen) atoms. The van der Waals surface area contributed by atoms with Crippen molar-refractivity contribution < 1.29 is 17.9 Å². The number of thioether (sulfide) groups is 1. The molecule has 0 saturated heterocycles. The van der Waals surface area contributed by atoms with Crippen LogP contribution in [-0.4, -0.2) is 37.4 Å². The van der Waals surface area contributed by atoms with Gasteiger partial charge in [0.15, 0.2) is 0 Å². The van der Waals surface area contributed by atoms with E-state index < -0.39 is 16.0 Å². The Kier molecular flexibility index (Phi) is 5.32. The molecule has 0 amide bonds. The number of hydrogen-bond acceptors (Lipinski definition) is 6. The monoisotopic (exact) mass is 355 g/mol. The molecular formula is C14H17N3O4S2. The van der Waals surface area contributed by atoms with Crippen LogP contribution < -0.4 is 4.72 Å². The summed E-state index contributed by atoms with van der Waals surface area (Å²) in [6.45, 7) is 3.35. The number of hydrogen-bond donors (Lipinski definition) is 2. The zero-order valence-corrected chi connectivity index (χ0v) is 14.5. The van der Waals surface area contributed by atoms with E-state index in [9.17, 15) is 13.2 Å². The van der Waals surface area contributed by atoms with Crippen molar-refractivity contribution in [3.05, 3.63) is 35.5 Å². The lowest BCUT2D eigenvalue weighted by Crippen LogP contribution is -2.18. The van der Waals surface area contributed by atoms with Crippen LogP contribution in [0.4, 0.5) is 5.69 Å². The van der Waals surface area contributed by atoms with E-state index in [1.54, 1.807) is 32.0 Å². The molecule has 0 bridgehead atoms. The van der Waals surface area contributed by atoms with Gasteiger partial charge in [-0.25, -0.2) is 4.79 Å². The maximum atomic E-state index is 12.5. The van der Waals surface area contributed by atoms with Crippen molar-refractivity contribution in [2.75, 3.05) is 17.6 Å². The number of sulfonamides is 1. The molecule has 1 aromatic heterocycles. The van der Waals surface area contributed by atoms with Gasteiger partial charge in [0.1, 0.15) is 5.56 Å². The standard InChI is InChI=1S/C14H17N3O4S2/c1-4-21-14(18)12-9(2)15-16-13(12)23(19,20)17-10-6-5-7-11(8-10)22-3/h5-8,17H,4H2,1-3H3,(H,15,16). The molecule has 9 heteroatoms. The Bertz CT molecular complexity index is 815. The average molecular weight is 355 g/mol. The first-order chi connectivity index (χ1) is 10.9. The zero-order valence-electron chi connectivity index (χ0n) is 12.9. The minimum absolute atomic E-state index is 0.0830. The summed E-state index contributed by atoms with van der Waals surface area (Å²) in [7, 11) is -4.01. The number of anilines is 1. The number of aromatic nitrogens is 2. The molecule has 0 aliphatic carbocycles. The van der Waals surface area contributed by atoms with Gasteiger partial charge in [-0.05, 0) is 38.3 Å². The molecule has 2 rings (SSSR count). The van der Waals surface area contributed by atoms with Gasteiger partial charge in [0.25, 0.3) is 10.0 Å². The summed E-state index contributed by atoms with van der Waals surface area (Å²) < 4.78 is 32.4. The Hall–Kier alpha value is -2.00. The smallest absolute Gasteiger partial charge is 0.343 e. The molecular weight excluding hydrogens is 338 g/mol. The van der Waals surface area contributed by atoms with Crippen molar-refractivity contribution in [2.24, 2.45) is 0 Å². The molecule has 0 saturated carbocycles. The maximum Gasteiger partial charge on any atom is 0.343 e. The summed E-state index contributed by atoms with van der Waals surface area (Å²) in [5.74, 6) is -0.725. The number of benzene rings is 1. The summed E-state index contributed by atoms with van der Waals surface area (Å²) in [4.78, 5) is 12.9. The third kappa shape index (κ3) is 3.85. The van der Waals surface area contributed by atoms with Crippen LogP contribution >= 0.6 is 11.8 Å². The Morgan fingerprint density at radius 2 is 2.17 bits per heavy atom. The van der Waals surface area contributed by atoms with E-state index in [0.29, 0.717) is 11.4 Å². The number of aryl methyl sites for hydroxylation is 1. The lowest BCUT2D eigenvalue weighted by molar-refractivity contribution is 0.0521. The maximum absolute atomic E-state index is 12.5. The molecule has 0 aliphatic heterocycles. The van der Waals surface area contributed by atoms with Crippen molar-refractivity contribution in [2.45, 2.75) is 23.8 Å². The second-order valence-corrected chi connectivity index (χ2v) is 7.06. The third-order valence-electron chi connectivity index (χ3n) is 2.97. The molecule has 0 aliphatic rings. The van der Waals surface area contributed by atoms with Gasteiger partial charge in [-0.3, -0.25) is 9.82 Å². The van der Waals surface area contributed by atoms with Crippen LogP contribution in [0.1, 0.15) is 23.0 Å². The number of esters is 1. The Morgan fingerprint density at radius 3 is 2.83 bits per heavy atom. The quantitative estimate of drug-likeness (QED) is 0.609. The topological polar surface area (TPSA) is 101 Å². The molecule has 0 unspecified atom stereocenters. The van der Waals surface area contributed by atoms with Crippen LogP contribution in [0.5, 0.6) is 0 Å². The van der Waals surface area contributed by atoms with Gasteiger partial charge < -0.3 is 4.74 Å². The number of rotatable bonds is 6. The van der Waals surface area contributed by atoms with E-state index in [1.165, 1.54) is 11.8 Å². The van der Waals surface area contributed by atoms with Gasteiger partial charge in [0, 0.05) is 16.3 Å². The highest BCUT2D eigenvalue weighted by Gasteiger charge is 2.29. The van der Waals surface area contributed by atoms with Gasteiger partial charge in [-0.15, -0.1) is 11.8 Å². The SMILES string of the molecule is CCOC(=O)c1c(S(=O)(=O)Nc2cccc(SC)c2)n[nH]c1C. The van der Waals surface area contributed by atoms with Crippen LogP contribution in [0, 0.1) is 6.92 Å². The highest BCUT2D eigenvalue weighted by atomic mass is 32.2. The van der Waals surface area contributed by atoms with Crippen LogP contribution in [-0.2, 0) is 14.8 Å². The normalized spacial score (nSPS) is 11.3. The fourth-order valence-corrected chi connectivity index (χ4v) is 3.60. The van der Waals surface area contributed by atoms with Crippen LogP contribution in [0.2, 0.25) is 0 Å². The molecule has 124 valence electrons. The summed E-state index contributed by atoms with van der Waals surface area (Å²) in [5, 5.41) is 5.89. The van der Waals surface area contributed by atoms with E-state index in [1.807, 2.05) is 12.3 Å². The van der Waals surface area contributed by atoms with Crippen molar-refractivity contribution in [3.8, 4) is 0 Å². The van der Waals surface area contributed by atoms with Gasteiger partial charge in [-0.1, -0.05) is 6.07 Å². The number of H-pyrrole nitrogens is 1. The van der Waals surface area contributed by atoms with Gasteiger partial charge >= 0.3 is 5.97 Å². The fraction of sp³-hybridized carbons (Fsp3) is 0.286. The first-order valence-electron chi connectivity index (χ1n) is 6.78. The number of nitrogens with one attached hydrogen (secondary N) is 2. The van der Waals surface area contributed by atoms with Gasteiger partial charge in [-0.2, -0.15) is 13.5 Å². The molecule has 1 aromatic carbocycles. The summed E-state index contributed by atoms with van der Waals surface area (Å²) >= 11 is 1.49. The molecule has 0 radical (unpaired) electrons. The third-order valence-corrected chi connectivity index (χ3v) is 5.00. The van der Waals surface area contributed by atoms with Gasteiger partial charge in [0.2, 0.25) is 5.03 Å². The van der Waals surface area contributed by atoms with Crippen LogP contribution in [0.25, 0.3) is 0 Å². The number of carbonyl (C=O) groups excluding carboxylic acids is 1. The number of aromatic amines is 1. The van der Waals surface area contributed by atoms with E-state index in [-0.39, 0.29) is 17.2 Å². The Balaban J connectivity index is 2.38. The first-order valence-corrected chi connectivity index (χ1v) is 9.48. The summed E-state index contributed by atoms with van der Waals surface area (Å²) in [5.41, 5.74) is 0.648. The molecule has 2 aromatic rings. The molecule has 1 heterocycles. The molecule has 0 spiro atoms. The van der Waals surface area contributed by atoms with E-state index >= 15 is 0 Å². The summed E-state index contributed by atoms with van der Waals surface area (Å²) in [6, 6.07) is 6.93. The Morgan fingerprint density at radius 1 is 1.43 bits per heavy atom. The minimum atomic E-state index is -4.01. The highest BCUT2D eigenvalue weighted by molar-refractivity contribution is 7.98.